The predicted octanol–water partition coefficient (Wildman–Crippen LogP) is 5.42. The monoisotopic (exact) mass is 649 g/mol. The van der Waals surface area contributed by atoms with Gasteiger partial charge in [-0.2, -0.15) is 0 Å². The van der Waals surface area contributed by atoms with Gasteiger partial charge in [-0.25, -0.2) is 4.90 Å². The summed E-state index contributed by atoms with van der Waals surface area (Å²) in [6.07, 6.45) is 0. The number of benzene rings is 3. The van der Waals surface area contributed by atoms with Gasteiger partial charge < -0.3 is 10.1 Å². The Morgan fingerprint density at radius 3 is 2.29 bits per heavy atom. The molecular formula is C30H24BrN3O5S2. The minimum atomic E-state index is -0.758. The van der Waals surface area contributed by atoms with E-state index in [1.54, 1.807) is 43.5 Å². The maximum atomic E-state index is 14.0. The lowest BCUT2D eigenvalue weighted by Crippen LogP contribution is -2.33. The predicted molar refractivity (Wildman–Crippen MR) is 163 cm³/mol. The van der Waals surface area contributed by atoms with Crippen molar-refractivity contribution in [1.29, 1.82) is 0 Å². The van der Waals surface area contributed by atoms with Crippen LogP contribution in [-0.4, -0.2) is 34.6 Å². The number of aromatic nitrogens is 1. The van der Waals surface area contributed by atoms with Crippen LogP contribution in [0.1, 0.15) is 21.9 Å². The summed E-state index contributed by atoms with van der Waals surface area (Å²) in [6, 6.07) is 21.7. The van der Waals surface area contributed by atoms with Crippen molar-refractivity contribution in [3.8, 4) is 5.75 Å². The Morgan fingerprint density at radius 1 is 0.951 bits per heavy atom. The molecule has 0 radical (unpaired) electrons. The van der Waals surface area contributed by atoms with Gasteiger partial charge >= 0.3 is 4.87 Å². The Morgan fingerprint density at radius 2 is 1.63 bits per heavy atom. The van der Waals surface area contributed by atoms with Crippen molar-refractivity contribution in [2.45, 2.75) is 29.7 Å². The van der Waals surface area contributed by atoms with Gasteiger partial charge in [0.1, 0.15) is 17.5 Å². The normalized spacial score (nSPS) is 19.6. The molecule has 3 atom stereocenters. The highest BCUT2D eigenvalue weighted by Gasteiger charge is 2.56. The number of methoxy groups -OCH3 is 1. The first-order valence-electron chi connectivity index (χ1n) is 12.8. The fourth-order valence-corrected chi connectivity index (χ4v) is 8.29. The first kappa shape index (κ1) is 27.5. The molecule has 208 valence electrons. The Bertz CT molecular complexity index is 1720. The zero-order valence-electron chi connectivity index (χ0n) is 22.0. The fourth-order valence-electron chi connectivity index (χ4n) is 5.25. The summed E-state index contributed by atoms with van der Waals surface area (Å²) < 4.78 is 7.53. The van der Waals surface area contributed by atoms with Crippen LogP contribution in [0, 0.1) is 12.8 Å². The van der Waals surface area contributed by atoms with Gasteiger partial charge in [0, 0.05) is 21.0 Å². The third-order valence-electron chi connectivity index (χ3n) is 7.25. The summed E-state index contributed by atoms with van der Waals surface area (Å²) >= 11 is 5.68. The van der Waals surface area contributed by atoms with Gasteiger partial charge in [0.25, 0.3) is 0 Å². The molecule has 1 fully saturated rings. The number of nitrogens with zero attached hydrogens (tertiary/aromatic N) is 2. The second-order valence-corrected chi connectivity index (χ2v) is 12.9. The SMILES string of the molecule is COc1ccc(N2C(=O)[C@H]3[C@H](c4ccc(Br)cc4)c4sc(=O)n(CC(=O)Nc5ccc(C)cc5)c4S[C@H]3C2=O)cc1. The number of ether oxygens (including phenoxy) is 1. The summed E-state index contributed by atoms with van der Waals surface area (Å²) in [5, 5.41) is 2.63. The Kier molecular flexibility index (Phi) is 7.35. The van der Waals surface area contributed by atoms with E-state index in [0.717, 1.165) is 26.9 Å². The zero-order chi connectivity index (χ0) is 28.8. The van der Waals surface area contributed by atoms with E-state index in [-0.39, 0.29) is 29.1 Å². The number of imide groups is 1. The number of hydrogen-bond acceptors (Lipinski definition) is 7. The summed E-state index contributed by atoms with van der Waals surface area (Å²) in [5.41, 5.74) is 2.98. The van der Waals surface area contributed by atoms with Crippen LogP contribution in [0.15, 0.2) is 87.1 Å². The van der Waals surface area contributed by atoms with Gasteiger partial charge in [0.05, 0.1) is 23.7 Å². The number of rotatable bonds is 6. The zero-order valence-corrected chi connectivity index (χ0v) is 25.2. The highest BCUT2D eigenvalue weighted by Crippen LogP contribution is 2.54. The van der Waals surface area contributed by atoms with E-state index in [1.165, 1.54) is 21.2 Å². The molecule has 2 aliphatic heterocycles. The molecule has 0 aliphatic carbocycles. The Labute approximate surface area is 252 Å². The van der Waals surface area contributed by atoms with Gasteiger partial charge in [0.2, 0.25) is 17.7 Å². The molecule has 0 bridgehead atoms. The number of thioether (sulfide) groups is 1. The number of amides is 3. The largest absolute Gasteiger partial charge is 0.497 e. The first-order valence-corrected chi connectivity index (χ1v) is 15.3. The highest BCUT2D eigenvalue weighted by molar-refractivity contribution is 9.10. The van der Waals surface area contributed by atoms with E-state index in [4.69, 9.17) is 4.74 Å². The van der Waals surface area contributed by atoms with Crippen molar-refractivity contribution in [3.05, 3.63) is 103 Å². The topological polar surface area (TPSA) is 97.7 Å². The number of anilines is 2. The first-order chi connectivity index (χ1) is 19.7. The molecular weight excluding hydrogens is 626 g/mol. The second-order valence-electron chi connectivity index (χ2n) is 9.84. The number of carbonyl (C=O) groups excluding carboxylic acids is 3. The Balaban J connectivity index is 1.39. The molecule has 6 rings (SSSR count). The number of carbonyl (C=O) groups is 3. The van der Waals surface area contributed by atoms with E-state index in [9.17, 15) is 19.2 Å². The molecule has 1 aromatic heterocycles. The molecule has 3 aromatic carbocycles. The lowest BCUT2D eigenvalue weighted by Gasteiger charge is -2.30. The summed E-state index contributed by atoms with van der Waals surface area (Å²) in [6.45, 7) is 1.75. The van der Waals surface area contributed by atoms with Crippen molar-refractivity contribution in [1.82, 2.24) is 4.57 Å². The lowest BCUT2D eigenvalue weighted by atomic mass is 9.83. The van der Waals surface area contributed by atoms with Crippen molar-refractivity contribution in [2.75, 3.05) is 17.3 Å². The number of halogens is 1. The summed E-state index contributed by atoms with van der Waals surface area (Å²) in [4.78, 5) is 55.7. The lowest BCUT2D eigenvalue weighted by molar-refractivity contribution is -0.122. The van der Waals surface area contributed by atoms with E-state index in [1.807, 2.05) is 43.3 Å². The molecule has 8 nitrogen and oxygen atoms in total. The minimum Gasteiger partial charge on any atom is -0.497 e. The van der Waals surface area contributed by atoms with Crippen molar-refractivity contribution < 1.29 is 19.1 Å². The molecule has 1 saturated heterocycles. The maximum Gasteiger partial charge on any atom is 0.308 e. The number of hydrogen-bond donors (Lipinski definition) is 1. The van der Waals surface area contributed by atoms with Crippen molar-refractivity contribution in [2.24, 2.45) is 5.92 Å². The number of aryl methyl sites for hydroxylation is 1. The third-order valence-corrected chi connectivity index (χ3v) is 10.4. The quantitative estimate of drug-likeness (QED) is 0.280. The number of thiazole rings is 1. The smallest absolute Gasteiger partial charge is 0.308 e. The van der Waals surface area contributed by atoms with Gasteiger partial charge in [0.15, 0.2) is 0 Å². The standard InChI is InChI=1S/C30H24BrN3O5S2/c1-16-3-9-19(10-4-16)32-22(35)15-33-29-26(41-30(33)38)23(17-5-7-18(31)8-6-17)24-25(40-29)28(37)34(27(24)36)20-11-13-21(39-2)14-12-20/h3-14,23-25H,15H2,1-2H3,(H,32,35)/t23-,24-,25+/m0/s1. The van der Waals surface area contributed by atoms with Crippen LogP contribution < -0.4 is 19.8 Å². The molecule has 0 spiro atoms. The molecule has 1 N–H and O–H groups in total. The van der Waals surface area contributed by atoms with Crippen LogP contribution in [0.5, 0.6) is 5.75 Å². The molecule has 2 aliphatic rings. The highest BCUT2D eigenvalue weighted by atomic mass is 79.9. The molecule has 3 heterocycles. The summed E-state index contributed by atoms with van der Waals surface area (Å²) in [5.74, 6) is -1.65. The molecule has 0 unspecified atom stereocenters. The van der Waals surface area contributed by atoms with E-state index in [2.05, 4.69) is 21.2 Å². The van der Waals surface area contributed by atoms with Crippen molar-refractivity contribution in [3.63, 3.8) is 0 Å². The minimum absolute atomic E-state index is 0.208. The third kappa shape index (κ3) is 5.02. The Hall–Kier alpha value is -3.67. The van der Waals surface area contributed by atoms with Crippen molar-refractivity contribution >= 4 is 68.1 Å². The van der Waals surface area contributed by atoms with Crippen LogP contribution in [0.4, 0.5) is 11.4 Å². The van der Waals surface area contributed by atoms with E-state index >= 15 is 0 Å². The van der Waals surface area contributed by atoms with E-state index in [0.29, 0.717) is 27.0 Å². The maximum absolute atomic E-state index is 14.0. The van der Waals surface area contributed by atoms with Gasteiger partial charge in [-0.3, -0.25) is 23.7 Å². The molecule has 3 amide bonds. The number of fused-ring (bicyclic) bond motifs is 2. The number of nitrogens with one attached hydrogen (secondary N) is 1. The molecule has 41 heavy (non-hydrogen) atoms. The molecule has 0 saturated carbocycles. The van der Waals surface area contributed by atoms with E-state index < -0.39 is 17.1 Å². The fraction of sp³-hybridized carbons (Fsp3) is 0.200. The second kappa shape index (κ2) is 11.0. The van der Waals surface area contributed by atoms with Gasteiger partial charge in [-0.1, -0.05) is 68.9 Å². The van der Waals surface area contributed by atoms with Crippen LogP contribution >= 0.6 is 39.0 Å². The summed E-state index contributed by atoms with van der Waals surface area (Å²) in [7, 11) is 1.55. The van der Waals surface area contributed by atoms with Crippen LogP contribution in [-0.2, 0) is 20.9 Å². The average Bonchev–Trinajstić information content (AvgIpc) is 3.41. The molecule has 11 heteroatoms. The van der Waals surface area contributed by atoms with Crippen LogP contribution in [0.25, 0.3) is 0 Å². The van der Waals surface area contributed by atoms with Crippen LogP contribution in [0.3, 0.4) is 0 Å². The molecule has 4 aromatic rings. The van der Waals surface area contributed by atoms with Gasteiger partial charge in [-0.05, 0) is 61.0 Å². The average molecular weight is 651 g/mol. The van der Waals surface area contributed by atoms with Crippen LogP contribution in [0.2, 0.25) is 0 Å². The van der Waals surface area contributed by atoms with Gasteiger partial charge in [-0.15, -0.1) is 0 Å².